The highest BCUT2D eigenvalue weighted by atomic mass is 35.5. The van der Waals surface area contributed by atoms with Gasteiger partial charge in [-0.3, -0.25) is 9.59 Å². The standard InChI is InChI=1S/C18H19ClN4O2/c1-13(24)22-7-9-23(10-8-22)18(25)14-5-6-20-17(11-14)21-16-4-2-3-15(19)12-16/h2-6,11-12H,7-10H2,1H3,(H,20,21). The van der Waals surface area contributed by atoms with Crippen LogP contribution in [-0.4, -0.2) is 52.8 Å². The Morgan fingerprint density at radius 3 is 2.48 bits per heavy atom. The van der Waals surface area contributed by atoms with Crippen LogP contribution < -0.4 is 5.32 Å². The van der Waals surface area contributed by atoms with Gasteiger partial charge in [0, 0.05) is 55.6 Å². The van der Waals surface area contributed by atoms with E-state index in [4.69, 9.17) is 11.6 Å². The zero-order valence-corrected chi connectivity index (χ0v) is 14.7. The average Bonchev–Trinajstić information content (AvgIpc) is 2.61. The number of aromatic nitrogens is 1. The van der Waals surface area contributed by atoms with Crippen LogP contribution in [0.25, 0.3) is 0 Å². The summed E-state index contributed by atoms with van der Waals surface area (Å²) in [6.45, 7) is 3.77. The average molecular weight is 359 g/mol. The van der Waals surface area contributed by atoms with Gasteiger partial charge in [-0.15, -0.1) is 0 Å². The highest BCUT2D eigenvalue weighted by Crippen LogP contribution is 2.20. The molecule has 6 nitrogen and oxygen atoms in total. The van der Waals surface area contributed by atoms with Gasteiger partial charge in [-0.1, -0.05) is 17.7 Å². The predicted octanol–water partition coefficient (Wildman–Crippen LogP) is 2.78. The van der Waals surface area contributed by atoms with Crippen molar-refractivity contribution in [1.29, 1.82) is 0 Å². The van der Waals surface area contributed by atoms with Gasteiger partial charge < -0.3 is 15.1 Å². The smallest absolute Gasteiger partial charge is 0.254 e. The molecule has 1 fully saturated rings. The number of piperazine rings is 1. The molecule has 3 rings (SSSR count). The Balaban J connectivity index is 1.69. The Hall–Kier alpha value is -2.60. The van der Waals surface area contributed by atoms with Crippen LogP contribution in [0.2, 0.25) is 5.02 Å². The molecule has 0 aliphatic carbocycles. The summed E-state index contributed by atoms with van der Waals surface area (Å²) in [5.74, 6) is 0.569. The second kappa shape index (κ2) is 7.53. The summed E-state index contributed by atoms with van der Waals surface area (Å²) >= 11 is 5.98. The van der Waals surface area contributed by atoms with E-state index in [1.54, 1.807) is 47.2 Å². The number of benzene rings is 1. The molecule has 0 saturated carbocycles. The van der Waals surface area contributed by atoms with E-state index in [9.17, 15) is 9.59 Å². The number of nitrogens with one attached hydrogen (secondary N) is 1. The maximum absolute atomic E-state index is 12.7. The SMILES string of the molecule is CC(=O)N1CCN(C(=O)c2ccnc(Nc3cccc(Cl)c3)c2)CC1. The maximum atomic E-state index is 12.7. The van der Waals surface area contributed by atoms with Gasteiger partial charge in [0.15, 0.2) is 0 Å². The number of anilines is 2. The minimum atomic E-state index is -0.0558. The summed E-state index contributed by atoms with van der Waals surface area (Å²) < 4.78 is 0. The van der Waals surface area contributed by atoms with Crippen LogP contribution in [0.3, 0.4) is 0 Å². The van der Waals surface area contributed by atoms with Crippen molar-refractivity contribution < 1.29 is 9.59 Å². The molecule has 1 aliphatic heterocycles. The van der Waals surface area contributed by atoms with Crippen LogP contribution in [0.15, 0.2) is 42.6 Å². The molecule has 2 heterocycles. The first kappa shape index (κ1) is 17.2. The predicted molar refractivity (Wildman–Crippen MR) is 97.1 cm³/mol. The molecule has 2 aromatic rings. The summed E-state index contributed by atoms with van der Waals surface area (Å²) in [6.07, 6.45) is 1.60. The number of amides is 2. The Kier molecular flexibility index (Phi) is 5.19. The van der Waals surface area contributed by atoms with Crippen LogP contribution in [-0.2, 0) is 4.79 Å². The number of rotatable bonds is 3. The van der Waals surface area contributed by atoms with Crippen molar-refractivity contribution in [1.82, 2.24) is 14.8 Å². The minimum absolute atomic E-state index is 0.0454. The van der Waals surface area contributed by atoms with Crippen LogP contribution in [0.1, 0.15) is 17.3 Å². The first-order valence-corrected chi connectivity index (χ1v) is 8.44. The van der Waals surface area contributed by atoms with Crippen molar-refractivity contribution in [3.05, 3.63) is 53.2 Å². The van der Waals surface area contributed by atoms with Gasteiger partial charge in [0.25, 0.3) is 5.91 Å². The summed E-state index contributed by atoms with van der Waals surface area (Å²) in [4.78, 5) is 31.8. The fourth-order valence-corrected chi connectivity index (χ4v) is 2.94. The Morgan fingerprint density at radius 1 is 1.08 bits per heavy atom. The van der Waals surface area contributed by atoms with Crippen LogP contribution in [0, 0.1) is 0 Å². The fourth-order valence-electron chi connectivity index (χ4n) is 2.75. The lowest BCUT2D eigenvalue weighted by Gasteiger charge is -2.34. The molecule has 0 spiro atoms. The van der Waals surface area contributed by atoms with E-state index in [1.807, 2.05) is 12.1 Å². The lowest BCUT2D eigenvalue weighted by Crippen LogP contribution is -2.50. The highest BCUT2D eigenvalue weighted by Gasteiger charge is 2.23. The van der Waals surface area contributed by atoms with Crippen molar-refractivity contribution in [3.8, 4) is 0 Å². The summed E-state index contributed by atoms with van der Waals surface area (Å²) in [5, 5.41) is 3.77. The molecule has 1 aromatic carbocycles. The normalized spacial score (nSPS) is 14.3. The van der Waals surface area contributed by atoms with Gasteiger partial charge in [-0.2, -0.15) is 0 Å². The largest absolute Gasteiger partial charge is 0.340 e. The van der Waals surface area contributed by atoms with E-state index in [0.29, 0.717) is 42.6 Å². The number of halogens is 1. The maximum Gasteiger partial charge on any atom is 0.254 e. The zero-order chi connectivity index (χ0) is 17.8. The molecule has 2 amide bonds. The number of hydrogen-bond acceptors (Lipinski definition) is 4. The summed E-state index contributed by atoms with van der Waals surface area (Å²) in [6, 6.07) is 10.7. The molecule has 1 N–H and O–H groups in total. The molecule has 1 aliphatic rings. The van der Waals surface area contributed by atoms with E-state index in [1.165, 1.54) is 0 Å². The van der Waals surface area contributed by atoms with E-state index in [-0.39, 0.29) is 11.8 Å². The van der Waals surface area contributed by atoms with Crippen molar-refractivity contribution in [2.45, 2.75) is 6.92 Å². The number of hydrogen-bond donors (Lipinski definition) is 1. The van der Waals surface area contributed by atoms with Gasteiger partial charge in [-0.05, 0) is 30.3 Å². The first-order chi connectivity index (χ1) is 12.0. The quantitative estimate of drug-likeness (QED) is 0.916. The Bertz CT molecular complexity index is 788. The molecular weight excluding hydrogens is 340 g/mol. The molecule has 1 aromatic heterocycles. The first-order valence-electron chi connectivity index (χ1n) is 8.06. The third kappa shape index (κ3) is 4.28. The van der Waals surface area contributed by atoms with Gasteiger partial charge in [0.1, 0.15) is 5.82 Å². The van der Waals surface area contributed by atoms with E-state index < -0.39 is 0 Å². The van der Waals surface area contributed by atoms with Crippen LogP contribution in [0.5, 0.6) is 0 Å². The second-order valence-electron chi connectivity index (χ2n) is 5.86. The minimum Gasteiger partial charge on any atom is -0.340 e. The lowest BCUT2D eigenvalue weighted by atomic mass is 10.2. The molecule has 130 valence electrons. The van der Waals surface area contributed by atoms with Crippen molar-refractivity contribution >= 4 is 34.9 Å². The van der Waals surface area contributed by atoms with Crippen LogP contribution >= 0.6 is 11.6 Å². The lowest BCUT2D eigenvalue weighted by molar-refractivity contribution is -0.130. The molecule has 0 unspecified atom stereocenters. The van der Waals surface area contributed by atoms with Crippen molar-refractivity contribution in [3.63, 3.8) is 0 Å². The molecule has 0 radical (unpaired) electrons. The third-order valence-electron chi connectivity index (χ3n) is 4.12. The molecule has 0 atom stereocenters. The zero-order valence-electron chi connectivity index (χ0n) is 13.9. The Labute approximate surface area is 151 Å². The summed E-state index contributed by atoms with van der Waals surface area (Å²) in [5.41, 5.74) is 1.37. The number of pyridine rings is 1. The molecule has 25 heavy (non-hydrogen) atoms. The molecule has 7 heteroatoms. The summed E-state index contributed by atoms with van der Waals surface area (Å²) in [7, 11) is 0. The van der Waals surface area contributed by atoms with E-state index in [2.05, 4.69) is 10.3 Å². The van der Waals surface area contributed by atoms with E-state index >= 15 is 0 Å². The molecule has 1 saturated heterocycles. The third-order valence-corrected chi connectivity index (χ3v) is 4.35. The monoisotopic (exact) mass is 358 g/mol. The van der Waals surface area contributed by atoms with Crippen molar-refractivity contribution in [2.75, 3.05) is 31.5 Å². The van der Waals surface area contributed by atoms with E-state index in [0.717, 1.165) is 5.69 Å². The topological polar surface area (TPSA) is 65.5 Å². The molecular formula is C18H19ClN4O2. The van der Waals surface area contributed by atoms with Crippen LogP contribution in [0.4, 0.5) is 11.5 Å². The number of carbonyl (C=O) groups excluding carboxylic acids is 2. The molecule has 0 bridgehead atoms. The van der Waals surface area contributed by atoms with Gasteiger partial charge in [0.05, 0.1) is 0 Å². The highest BCUT2D eigenvalue weighted by molar-refractivity contribution is 6.30. The fraction of sp³-hybridized carbons (Fsp3) is 0.278. The number of nitrogens with zero attached hydrogens (tertiary/aromatic N) is 3. The van der Waals surface area contributed by atoms with Crippen molar-refractivity contribution in [2.24, 2.45) is 0 Å². The van der Waals surface area contributed by atoms with Gasteiger partial charge >= 0.3 is 0 Å². The number of carbonyl (C=O) groups is 2. The second-order valence-corrected chi connectivity index (χ2v) is 6.30. The van der Waals surface area contributed by atoms with Gasteiger partial charge in [0.2, 0.25) is 5.91 Å². The Morgan fingerprint density at radius 2 is 1.80 bits per heavy atom. The van der Waals surface area contributed by atoms with Gasteiger partial charge in [-0.25, -0.2) is 4.98 Å².